The van der Waals surface area contributed by atoms with Crippen molar-refractivity contribution in [3.63, 3.8) is 0 Å². The summed E-state index contributed by atoms with van der Waals surface area (Å²) in [5, 5.41) is 0. The lowest BCUT2D eigenvalue weighted by Crippen LogP contribution is -2.18. The van der Waals surface area contributed by atoms with E-state index >= 15 is 0 Å². The van der Waals surface area contributed by atoms with Crippen LogP contribution in [0.15, 0.2) is 27.6 Å². The summed E-state index contributed by atoms with van der Waals surface area (Å²) in [4.78, 5) is 0.260. The summed E-state index contributed by atoms with van der Waals surface area (Å²) in [6, 6.07) is 5.07. The fourth-order valence-corrected chi connectivity index (χ4v) is 3.52. The van der Waals surface area contributed by atoms with Gasteiger partial charge in [-0.2, -0.15) is 0 Å². The Morgan fingerprint density at radius 2 is 2.08 bits per heavy atom. The van der Waals surface area contributed by atoms with Crippen molar-refractivity contribution in [3.8, 4) is 0 Å². The van der Waals surface area contributed by atoms with Gasteiger partial charge in [-0.15, -0.1) is 0 Å². The number of rotatable bonds is 2. The fraction of sp³-hybridized carbons (Fsp3) is 0.143. The van der Waals surface area contributed by atoms with Gasteiger partial charge in [-0.05, 0) is 63.8 Å². The van der Waals surface area contributed by atoms with Crippen LogP contribution in [0.5, 0.6) is 0 Å². The summed E-state index contributed by atoms with van der Waals surface area (Å²) in [7, 11) is -1.96. The van der Waals surface area contributed by atoms with E-state index in [1.54, 1.807) is 18.2 Å². The molecule has 0 fully saturated rings. The van der Waals surface area contributed by atoms with Crippen molar-refractivity contribution in [2.75, 3.05) is 7.05 Å². The molecule has 0 heterocycles. The smallest absolute Gasteiger partial charge is 0.214 e. The summed E-state index contributed by atoms with van der Waals surface area (Å²) in [6.07, 6.45) is 0. The molecule has 0 spiro atoms. The molecule has 0 bridgehead atoms. The lowest BCUT2D eigenvalue weighted by Gasteiger charge is -2.04. The van der Waals surface area contributed by atoms with E-state index < -0.39 is 10.0 Å². The van der Waals surface area contributed by atoms with Crippen molar-refractivity contribution in [2.45, 2.75) is 4.90 Å². The highest BCUT2D eigenvalue weighted by molar-refractivity contribution is 14.1. The first-order valence-electron chi connectivity index (χ1n) is 3.36. The molecule has 6 heteroatoms. The second-order valence-corrected chi connectivity index (χ2v) is 6.24. The SMILES string of the molecule is CNS(=O)(=O)c1ccc(I)cc1Br. The molecular formula is C7H7BrINO2S. The Kier molecular flexibility index (Phi) is 3.73. The minimum absolute atomic E-state index is 0.260. The van der Waals surface area contributed by atoms with Crippen LogP contribution in [0.3, 0.4) is 0 Å². The van der Waals surface area contributed by atoms with E-state index in [0.717, 1.165) is 3.57 Å². The maximum Gasteiger partial charge on any atom is 0.241 e. The van der Waals surface area contributed by atoms with Crippen molar-refractivity contribution in [1.29, 1.82) is 0 Å². The van der Waals surface area contributed by atoms with Gasteiger partial charge in [0.15, 0.2) is 0 Å². The molecule has 0 saturated heterocycles. The van der Waals surface area contributed by atoms with Crippen LogP contribution < -0.4 is 4.72 Å². The van der Waals surface area contributed by atoms with Crippen LogP contribution in [-0.4, -0.2) is 15.5 Å². The summed E-state index contributed by atoms with van der Waals surface area (Å²) in [5.41, 5.74) is 0. The van der Waals surface area contributed by atoms with E-state index in [9.17, 15) is 8.42 Å². The van der Waals surface area contributed by atoms with E-state index in [1.807, 2.05) is 0 Å². The van der Waals surface area contributed by atoms with Crippen LogP contribution in [0, 0.1) is 3.57 Å². The van der Waals surface area contributed by atoms with Crippen molar-refractivity contribution in [3.05, 3.63) is 26.2 Å². The van der Waals surface area contributed by atoms with Gasteiger partial charge in [0.05, 0.1) is 4.90 Å². The second-order valence-electron chi connectivity index (χ2n) is 2.28. The maximum absolute atomic E-state index is 11.4. The number of hydrogen-bond acceptors (Lipinski definition) is 2. The third-order valence-corrected chi connectivity index (χ3v) is 4.51. The van der Waals surface area contributed by atoms with Gasteiger partial charge in [-0.25, -0.2) is 13.1 Å². The lowest BCUT2D eigenvalue weighted by molar-refractivity contribution is 0.588. The second kappa shape index (κ2) is 4.24. The Bertz CT molecular complexity index is 419. The Morgan fingerprint density at radius 1 is 1.46 bits per heavy atom. The molecule has 0 aliphatic carbocycles. The summed E-state index contributed by atoms with van der Waals surface area (Å²) < 4.78 is 26.6. The van der Waals surface area contributed by atoms with Crippen molar-refractivity contribution >= 4 is 48.5 Å². The van der Waals surface area contributed by atoms with Crippen molar-refractivity contribution in [2.24, 2.45) is 0 Å². The lowest BCUT2D eigenvalue weighted by atomic mass is 10.4. The number of nitrogens with one attached hydrogen (secondary N) is 1. The maximum atomic E-state index is 11.4. The Morgan fingerprint density at radius 3 is 2.54 bits per heavy atom. The molecule has 0 aliphatic heterocycles. The normalized spacial score (nSPS) is 11.6. The van der Waals surface area contributed by atoms with Crippen LogP contribution in [0.2, 0.25) is 0 Å². The fourth-order valence-electron chi connectivity index (χ4n) is 0.803. The van der Waals surface area contributed by atoms with Gasteiger partial charge in [-0.3, -0.25) is 0 Å². The molecule has 1 N–H and O–H groups in total. The first kappa shape index (κ1) is 11.4. The molecule has 1 aromatic carbocycles. The highest BCUT2D eigenvalue weighted by Gasteiger charge is 2.14. The predicted octanol–water partition coefficient (Wildman–Crippen LogP) is 1.96. The molecule has 0 aromatic heterocycles. The summed E-state index contributed by atoms with van der Waals surface area (Å²) >= 11 is 5.32. The standard InChI is InChI=1S/C7H7BrINO2S/c1-10-13(11,12)7-3-2-5(9)4-6(7)8/h2-4,10H,1H3. The minimum Gasteiger partial charge on any atom is -0.214 e. The van der Waals surface area contributed by atoms with Crippen LogP contribution in [0.4, 0.5) is 0 Å². The van der Waals surface area contributed by atoms with Crippen LogP contribution in [0.1, 0.15) is 0 Å². The molecule has 0 amide bonds. The van der Waals surface area contributed by atoms with Gasteiger partial charge in [0.2, 0.25) is 10.0 Å². The summed E-state index contributed by atoms with van der Waals surface area (Å²) in [5.74, 6) is 0. The average Bonchev–Trinajstić information content (AvgIpc) is 2.03. The molecule has 0 atom stereocenters. The van der Waals surface area contributed by atoms with Gasteiger partial charge in [0.25, 0.3) is 0 Å². The van der Waals surface area contributed by atoms with Gasteiger partial charge in [0, 0.05) is 8.04 Å². The zero-order valence-electron chi connectivity index (χ0n) is 6.71. The quantitative estimate of drug-likeness (QED) is 0.803. The zero-order chi connectivity index (χ0) is 10.1. The first-order valence-corrected chi connectivity index (χ1v) is 6.71. The monoisotopic (exact) mass is 375 g/mol. The number of halogens is 2. The highest BCUT2D eigenvalue weighted by atomic mass is 127. The number of hydrogen-bond donors (Lipinski definition) is 1. The van der Waals surface area contributed by atoms with Crippen molar-refractivity contribution < 1.29 is 8.42 Å². The van der Waals surface area contributed by atoms with Gasteiger partial charge < -0.3 is 0 Å². The molecule has 0 aliphatic rings. The molecule has 13 heavy (non-hydrogen) atoms. The molecule has 1 rings (SSSR count). The zero-order valence-corrected chi connectivity index (χ0v) is 11.3. The van der Waals surface area contributed by atoms with E-state index in [0.29, 0.717) is 4.47 Å². The molecule has 0 unspecified atom stereocenters. The number of sulfonamides is 1. The van der Waals surface area contributed by atoms with Gasteiger partial charge in [-0.1, -0.05) is 0 Å². The first-order chi connectivity index (χ1) is 5.97. The van der Waals surface area contributed by atoms with E-state index in [4.69, 9.17) is 0 Å². The number of benzene rings is 1. The predicted molar refractivity (Wildman–Crippen MR) is 63.1 cm³/mol. The van der Waals surface area contributed by atoms with E-state index in [2.05, 4.69) is 43.2 Å². The van der Waals surface area contributed by atoms with Crippen LogP contribution in [-0.2, 0) is 10.0 Å². The van der Waals surface area contributed by atoms with Crippen molar-refractivity contribution in [1.82, 2.24) is 4.72 Å². The Hall–Kier alpha value is 0.340. The highest BCUT2D eigenvalue weighted by Crippen LogP contribution is 2.23. The largest absolute Gasteiger partial charge is 0.241 e. The minimum atomic E-state index is -3.35. The Balaban J connectivity index is 3.33. The van der Waals surface area contributed by atoms with Gasteiger partial charge >= 0.3 is 0 Å². The van der Waals surface area contributed by atoms with E-state index in [1.165, 1.54) is 7.05 Å². The molecule has 0 radical (unpaired) electrons. The van der Waals surface area contributed by atoms with Gasteiger partial charge in [0.1, 0.15) is 0 Å². The Labute approximate surface area is 99.2 Å². The van der Waals surface area contributed by atoms with E-state index in [-0.39, 0.29) is 4.90 Å². The van der Waals surface area contributed by atoms with Crippen LogP contribution in [0.25, 0.3) is 0 Å². The molecular weight excluding hydrogens is 369 g/mol. The third kappa shape index (κ3) is 2.64. The van der Waals surface area contributed by atoms with Crippen LogP contribution >= 0.6 is 38.5 Å². The molecule has 3 nitrogen and oxygen atoms in total. The molecule has 1 aromatic rings. The summed E-state index contributed by atoms with van der Waals surface area (Å²) in [6.45, 7) is 0. The molecule has 0 saturated carbocycles. The third-order valence-electron chi connectivity index (χ3n) is 1.45. The topological polar surface area (TPSA) is 46.2 Å². The average molecular weight is 376 g/mol. The molecule has 72 valence electrons.